The van der Waals surface area contributed by atoms with Gasteiger partial charge in [0.1, 0.15) is 22.7 Å². The van der Waals surface area contributed by atoms with Crippen LogP contribution in [-0.2, 0) is 25.5 Å². The lowest BCUT2D eigenvalue weighted by Gasteiger charge is -2.13. The summed E-state index contributed by atoms with van der Waals surface area (Å²) in [7, 11) is 0. The fraction of sp³-hybridized carbons (Fsp3) is 0.390. The van der Waals surface area contributed by atoms with E-state index < -0.39 is 11.6 Å². The molecule has 0 radical (unpaired) electrons. The molecule has 2 aromatic carbocycles. The van der Waals surface area contributed by atoms with Gasteiger partial charge in [0.15, 0.2) is 17.0 Å². The van der Waals surface area contributed by atoms with Crippen LogP contribution in [-0.4, -0.2) is 98.6 Å². The number of thiophene rings is 1. The molecule has 0 spiro atoms. The van der Waals surface area contributed by atoms with E-state index in [1.165, 1.54) is 17.0 Å². The maximum absolute atomic E-state index is 13.5. The first-order chi connectivity index (χ1) is 29.1. The van der Waals surface area contributed by atoms with Gasteiger partial charge in [0.25, 0.3) is 5.56 Å². The quantitative estimate of drug-likeness (QED) is 0.0712. The zero-order chi connectivity index (χ0) is 42.2. The maximum Gasteiger partial charge on any atom is 0.280 e. The molecule has 1 amide bonds. The van der Waals surface area contributed by atoms with Crippen molar-refractivity contribution in [3.8, 4) is 5.00 Å². The Morgan fingerprint density at radius 2 is 1.62 bits per heavy atom. The van der Waals surface area contributed by atoms with E-state index in [1.54, 1.807) is 28.0 Å². The molecular formula is C41H47ClFN11O5S. The number of carbonyl (C=O) groups is 1. The molecule has 0 fully saturated rings. The molecule has 0 bridgehead atoms. The van der Waals surface area contributed by atoms with E-state index in [1.807, 2.05) is 35.8 Å². The number of aromatic nitrogens is 7. The Morgan fingerprint density at radius 3 is 2.33 bits per heavy atom. The van der Waals surface area contributed by atoms with Crippen molar-refractivity contribution in [1.82, 2.24) is 39.6 Å². The highest BCUT2D eigenvalue weighted by molar-refractivity contribution is 7.15. The van der Waals surface area contributed by atoms with Gasteiger partial charge in [-0.25, -0.2) is 9.37 Å². The number of aliphatic imine (C=N–C) groups is 1. The lowest BCUT2D eigenvalue weighted by atomic mass is 9.99. The van der Waals surface area contributed by atoms with Crippen LogP contribution in [0.4, 0.5) is 16.3 Å². The van der Waals surface area contributed by atoms with Crippen LogP contribution >= 0.6 is 22.9 Å². The summed E-state index contributed by atoms with van der Waals surface area (Å²) in [6.45, 7) is 10.0. The van der Waals surface area contributed by atoms with E-state index in [2.05, 4.69) is 49.6 Å². The Hall–Kier alpha value is -5.53. The fourth-order valence-corrected chi connectivity index (χ4v) is 8.12. The smallest absolute Gasteiger partial charge is 0.280 e. The SMILES string of the molecule is Cc1sc2c(c1C)C(c1ccc(Cl)cc1)=NC(CC(=O)NCCCOCCOCCOCCCNc1nc3c(=O)[nH]c(N)nc3n1Cc1ccc(F)cc1)c1nnc(C)n1-2. The summed E-state index contributed by atoms with van der Waals surface area (Å²) < 4.78 is 34.3. The van der Waals surface area contributed by atoms with Gasteiger partial charge in [-0.2, -0.15) is 4.98 Å². The second-order valence-corrected chi connectivity index (χ2v) is 15.8. The number of amides is 1. The molecule has 1 unspecified atom stereocenters. The number of H-pyrrole nitrogens is 1. The first-order valence-corrected chi connectivity index (χ1v) is 20.9. The number of benzene rings is 2. The van der Waals surface area contributed by atoms with Gasteiger partial charge in [-0.05, 0) is 69.0 Å². The molecule has 16 nitrogen and oxygen atoms in total. The number of hydrogen-bond donors (Lipinski definition) is 4. The third-order valence-electron chi connectivity index (χ3n) is 9.89. The second kappa shape index (κ2) is 19.7. The minimum atomic E-state index is -0.534. The average molecular weight is 860 g/mol. The fourth-order valence-electron chi connectivity index (χ4n) is 6.78. The van der Waals surface area contributed by atoms with Gasteiger partial charge in [0, 0.05) is 47.3 Å². The molecule has 1 aliphatic rings. The van der Waals surface area contributed by atoms with E-state index >= 15 is 0 Å². The molecule has 0 saturated carbocycles. The molecule has 7 rings (SSSR count). The molecule has 6 aromatic rings. The van der Waals surface area contributed by atoms with Gasteiger partial charge in [0.2, 0.25) is 17.8 Å². The number of ether oxygens (including phenoxy) is 3. The van der Waals surface area contributed by atoms with Crippen LogP contribution in [0.15, 0.2) is 58.3 Å². The number of halogens is 2. The van der Waals surface area contributed by atoms with Gasteiger partial charge in [-0.3, -0.25) is 28.7 Å². The molecule has 5 N–H and O–H groups in total. The number of nitrogens with zero attached hydrogens (tertiary/aromatic N) is 7. The highest BCUT2D eigenvalue weighted by atomic mass is 35.5. The summed E-state index contributed by atoms with van der Waals surface area (Å²) in [4.78, 5) is 43.2. The summed E-state index contributed by atoms with van der Waals surface area (Å²) in [6.07, 6.45) is 1.43. The normalized spacial score (nSPS) is 13.6. The number of imidazole rings is 1. The van der Waals surface area contributed by atoms with Crippen molar-refractivity contribution >= 4 is 57.6 Å². The van der Waals surface area contributed by atoms with Gasteiger partial charge in [0.05, 0.1) is 45.1 Å². The lowest BCUT2D eigenvalue weighted by molar-refractivity contribution is -0.121. The Morgan fingerprint density at radius 1 is 0.933 bits per heavy atom. The summed E-state index contributed by atoms with van der Waals surface area (Å²) in [5, 5.41) is 16.7. The second-order valence-electron chi connectivity index (χ2n) is 14.2. The first kappa shape index (κ1) is 42.6. The van der Waals surface area contributed by atoms with Gasteiger partial charge in [-0.1, -0.05) is 35.9 Å². The number of aromatic amines is 1. The molecule has 4 aromatic heterocycles. The number of fused-ring (bicyclic) bond motifs is 4. The molecule has 0 saturated heterocycles. The standard InChI is InChI=1S/C41H47ClFN11O5S/c1-24-25(2)60-39-33(24)34(28-8-10-29(42)11-9-28)47-31(36-52-51-26(3)54(36)39)22-32(55)45-14-4-16-57-18-20-59-21-19-58-17-5-15-46-41-48-35-37(49-40(44)50-38(35)56)53(41)23-27-6-12-30(43)13-7-27/h6-13,31H,4-5,14-23H2,1-3H3,(H,45,55)(H,46,48)(H3,44,49,50,56). The molecule has 5 heterocycles. The summed E-state index contributed by atoms with van der Waals surface area (Å²) in [5.74, 6) is 1.33. The summed E-state index contributed by atoms with van der Waals surface area (Å²) in [6, 6.07) is 13.2. The van der Waals surface area contributed by atoms with Crippen molar-refractivity contribution in [3.63, 3.8) is 0 Å². The molecule has 1 atom stereocenters. The van der Waals surface area contributed by atoms with Crippen LogP contribution in [0.2, 0.25) is 5.02 Å². The predicted molar refractivity (Wildman–Crippen MR) is 229 cm³/mol. The van der Waals surface area contributed by atoms with Crippen LogP contribution < -0.4 is 21.9 Å². The maximum atomic E-state index is 13.5. The van der Waals surface area contributed by atoms with Crippen LogP contribution in [0, 0.1) is 26.6 Å². The van der Waals surface area contributed by atoms with Crippen LogP contribution in [0.3, 0.4) is 0 Å². The van der Waals surface area contributed by atoms with E-state index in [-0.39, 0.29) is 29.6 Å². The third kappa shape index (κ3) is 10.1. The molecule has 316 valence electrons. The topological polar surface area (TPSA) is 201 Å². The number of rotatable bonds is 20. The van der Waals surface area contributed by atoms with Crippen molar-refractivity contribution in [3.05, 3.63) is 109 Å². The molecule has 1 aliphatic heterocycles. The van der Waals surface area contributed by atoms with Crippen molar-refractivity contribution in [2.24, 2.45) is 4.99 Å². The molecule has 19 heteroatoms. The van der Waals surface area contributed by atoms with Crippen LogP contribution in [0.5, 0.6) is 0 Å². The zero-order valence-corrected chi connectivity index (χ0v) is 35.2. The van der Waals surface area contributed by atoms with E-state index in [4.69, 9.17) is 36.5 Å². The zero-order valence-electron chi connectivity index (χ0n) is 33.6. The third-order valence-corrected chi connectivity index (χ3v) is 11.3. The van der Waals surface area contributed by atoms with Crippen molar-refractivity contribution in [2.45, 2.75) is 52.6 Å². The Balaban J connectivity index is 0.781. The number of nitrogens with one attached hydrogen (secondary N) is 3. The first-order valence-electron chi connectivity index (χ1n) is 19.7. The van der Waals surface area contributed by atoms with E-state index in [0.29, 0.717) is 94.6 Å². The number of hydrogen-bond acceptors (Lipinski definition) is 13. The van der Waals surface area contributed by atoms with E-state index in [0.717, 1.165) is 38.8 Å². The van der Waals surface area contributed by atoms with Crippen LogP contribution in [0.1, 0.15) is 64.1 Å². The number of nitrogen functional groups attached to an aromatic ring is 1. The van der Waals surface area contributed by atoms with Gasteiger partial charge >= 0.3 is 0 Å². The minimum Gasteiger partial charge on any atom is -0.379 e. The highest BCUT2D eigenvalue weighted by Crippen LogP contribution is 2.39. The average Bonchev–Trinajstić information content (AvgIpc) is 3.84. The monoisotopic (exact) mass is 859 g/mol. The summed E-state index contributed by atoms with van der Waals surface area (Å²) >= 11 is 7.89. The highest BCUT2D eigenvalue weighted by Gasteiger charge is 2.32. The number of aryl methyl sites for hydroxylation is 2. The number of anilines is 2. The molecular weight excluding hydrogens is 813 g/mol. The van der Waals surface area contributed by atoms with Crippen LogP contribution in [0.25, 0.3) is 16.2 Å². The van der Waals surface area contributed by atoms with Crippen molar-refractivity contribution in [2.75, 3.05) is 63.8 Å². The number of carbonyl (C=O) groups excluding carboxylic acids is 1. The van der Waals surface area contributed by atoms with Crippen molar-refractivity contribution < 1.29 is 23.4 Å². The Kier molecular flexibility index (Phi) is 14.0. The predicted octanol–water partition coefficient (Wildman–Crippen LogP) is 5.45. The minimum absolute atomic E-state index is 0.0173. The lowest BCUT2D eigenvalue weighted by Crippen LogP contribution is -2.27. The largest absolute Gasteiger partial charge is 0.379 e. The number of nitrogens with two attached hydrogens (primary N) is 1. The van der Waals surface area contributed by atoms with Gasteiger partial charge in [-0.15, -0.1) is 21.5 Å². The van der Waals surface area contributed by atoms with Crippen molar-refractivity contribution in [1.29, 1.82) is 0 Å². The Labute approximate surface area is 354 Å². The van der Waals surface area contributed by atoms with E-state index in [9.17, 15) is 14.0 Å². The molecule has 60 heavy (non-hydrogen) atoms. The van der Waals surface area contributed by atoms with Gasteiger partial charge < -0.3 is 30.6 Å². The Bertz CT molecular complexity index is 2520. The molecule has 0 aliphatic carbocycles. The summed E-state index contributed by atoms with van der Waals surface area (Å²) in [5.41, 5.74) is 10.5.